The van der Waals surface area contributed by atoms with Crippen LogP contribution < -0.4 is 15.0 Å². The largest absolute Gasteiger partial charge is 0.484 e. The summed E-state index contributed by atoms with van der Waals surface area (Å²) < 4.78 is 6.39. The number of anilines is 2. The molecule has 0 aliphatic rings. The van der Waals surface area contributed by atoms with Crippen molar-refractivity contribution < 1.29 is 14.3 Å². The van der Waals surface area contributed by atoms with Crippen molar-refractivity contribution in [2.24, 2.45) is 0 Å². The molecule has 5 nitrogen and oxygen atoms in total. The number of carbonyl (C=O) groups excluding carboxylic acids is 2. The number of rotatable bonds is 6. The molecule has 2 amide bonds. The summed E-state index contributed by atoms with van der Waals surface area (Å²) in [5.74, 6) is 0.217. The van der Waals surface area contributed by atoms with Gasteiger partial charge < -0.3 is 15.0 Å². The molecule has 1 N–H and O–H groups in total. The van der Waals surface area contributed by atoms with E-state index in [-0.39, 0.29) is 18.4 Å². The van der Waals surface area contributed by atoms with Crippen molar-refractivity contribution in [1.29, 1.82) is 0 Å². The number of nitrogens with one attached hydrogen (secondary N) is 1. The van der Waals surface area contributed by atoms with E-state index < -0.39 is 0 Å². The Morgan fingerprint density at radius 2 is 1.57 bits per heavy atom. The normalized spacial score (nSPS) is 10.2. The van der Waals surface area contributed by atoms with Gasteiger partial charge in [-0.1, -0.05) is 34.1 Å². The van der Waals surface area contributed by atoms with Crippen LogP contribution >= 0.6 is 15.9 Å². The number of para-hydroxylation sites is 1. The summed E-state index contributed by atoms with van der Waals surface area (Å²) >= 11 is 3.35. The van der Waals surface area contributed by atoms with Crippen LogP contribution in [-0.2, 0) is 4.79 Å². The van der Waals surface area contributed by atoms with Crippen LogP contribution in [0.25, 0.3) is 0 Å². The molecule has 0 saturated carbocycles. The van der Waals surface area contributed by atoms with E-state index in [1.807, 2.05) is 42.5 Å². The van der Waals surface area contributed by atoms with Gasteiger partial charge in [-0.3, -0.25) is 9.59 Å². The van der Waals surface area contributed by atoms with Crippen LogP contribution in [0, 0.1) is 0 Å². The molecule has 0 fully saturated rings. The topological polar surface area (TPSA) is 58.6 Å². The van der Waals surface area contributed by atoms with Crippen LogP contribution in [0.3, 0.4) is 0 Å². The molecule has 28 heavy (non-hydrogen) atoms. The molecule has 0 bridgehead atoms. The van der Waals surface area contributed by atoms with E-state index in [9.17, 15) is 9.59 Å². The highest BCUT2D eigenvalue weighted by Gasteiger charge is 2.13. The van der Waals surface area contributed by atoms with Crippen LogP contribution in [0.2, 0.25) is 0 Å². The first kappa shape index (κ1) is 19.6. The lowest BCUT2D eigenvalue weighted by atomic mass is 10.1. The highest BCUT2D eigenvalue weighted by atomic mass is 79.9. The quantitative estimate of drug-likeness (QED) is 0.604. The van der Waals surface area contributed by atoms with E-state index in [0.717, 1.165) is 10.2 Å². The molecule has 142 valence electrons. The average Bonchev–Trinajstić information content (AvgIpc) is 2.73. The van der Waals surface area contributed by atoms with Gasteiger partial charge >= 0.3 is 0 Å². The fourth-order valence-corrected chi connectivity index (χ4v) is 2.80. The Kier molecular flexibility index (Phi) is 6.45. The molecule has 0 heterocycles. The Balaban J connectivity index is 1.55. The first-order valence-electron chi connectivity index (χ1n) is 8.64. The van der Waals surface area contributed by atoms with E-state index in [0.29, 0.717) is 17.0 Å². The molecule has 6 heteroatoms. The van der Waals surface area contributed by atoms with Gasteiger partial charge in [0, 0.05) is 28.5 Å². The van der Waals surface area contributed by atoms with Crippen molar-refractivity contribution in [1.82, 2.24) is 0 Å². The minimum Gasteiger partial charge on any atom is -0.484 e. The molecule has 0 saturated heterocycles. The fourth-order valence-electron chi connectivity index (χ4n) is 2.54. The van der Waals surface area contributed by atoms with Crippen molar-refractivity contribution >= 4 is 39.1 Å². The summed E-state index contributed by atoms with van der Waals surface area (Å²) in [6.45, 7) is -0.0982. The number of nitrogens with zero attached hydrogens (tertiary/aromatic N) is 1. The molecule has 0 atom stereocenters. The summed E-state index contributed by atoms with van der Waals surface area (Å²) in [4.78, 5) is 26.2. The Morgan fingerprint density at radius 3 is 2.21 bits per heavy atom. The minimum absolute atomic E-state index is 0.0982. The Hall–Kier alpha value is -3.12. The van der Waals surface area contributed by atoms with Gasteiger partial charge in [0.25, 0.3) is 11.8 Å². The first-order valence-corrected chi connectivity index (χ1v) is 9.43. The lowest BCUT2D eigenvalue weighted by Crippen LogP contribution is -2.26. The molecular formula is C22H19BrN2O3. The molecule has 0 unspecified atom stereocenters. The van der Waals surface area contributed by atoms with Gasteiger partial charge in [-0.25, -0.2) is 0 Å². The van der Waals surface area contributed by atoms with Crippen molar-refractivity contribution in [2.75, 3.05) is 23.9 Å². The van der Waals surface area contributed by atoms with Crippen LogP contribution in [0.4, 0.5) is 11.4 Å². The van der Waals surface area contributed by atoms with Gasteiger partial charge in [0.2, 0.25) is 0 Å². The van der Waals surface area contributed by atoms with Crippen LogP contribution in [0.15, 0.2) is 83.3 Å². The Morgan fingerprint density at radius 1 is 0.929 bits per heavy atom. The summed E-state index contributed by atoms with van der Waals surface area (Å²) in [5, 5.41) is 2.75. The monoisotopic (exact) mass is 438 g/mol. The zero-order valence-electron chi connectivity index (χ0n) is 15.3. The van der Waals surface area contributed by atoms with E-state index >= 15 is 0 Å². The smallest absolute Gasteiger partial charge is 0.262 e. The highest BCUT2D eigenvalue weighted by Crippen LogP contribution is 2.18. The summed E-state index contributed by atoms with van der Waals surface area (Å²) in [6.07, 6.45) is 0. The maximum Gasteiger partial charge on any atom is 0.262 e. The van der Waals surface area contributed by atoms with E-state index in [2.05, 4.69) is 21.2 Å². The number of amides is 2. The molecule has 3 rings (SSSR count). The summed E-state index contributed by atoms with van der Waals surface area (Å²) in [5.41, 5.74) is 1.95. The molecule has 3 aromatic rings. The standard InChI is InChI=1S/C22H19BrN2O3/c1-25(19-5-3-2-4-6-19)22(27)16-7-11-18(12-8-16)24-21(26)15-28-20-13-9-17(23)10-14-20/h2-14H,15H2,1H3,(H,24,26). The fraction of sp³-hybridized carbons (Fsp3) is 0.0909. The zero-order chi connectivity index (χ0) is 19.9. The number of hydrogen-bond acceptors (Lipinski definition) is 3. The number of hydrogen-bond donors (Lipinski definition) is 1. The van der Waals surface area contributed by atoms with Crippen LogP contribution in [-0.4, -0.2) is 25.5 Å². The molecule has 0 aliphatic carbocycles. The van der Waals surface area contributed by atoms with Crippen molar-refractivity contribution in [2.45, 2.75) is 0 Å². The van der Waals surface area contributed by atoms with E-state index in [1.54, 1.807) is 48.3 Å². The maximum absolute atomic E-state index is 12.6. The average molecular weight is 439 g/mol. The van der Waals surface area contributed by atoms with Gasteiger partial charge in [0.1, 0.15) is 5.75 Å². The molecule has 0 radical (unpaired) electrons. The second kappa shape index (κ2) is 9.19. The van der Waals surface area contributed by atoms with E-state index in [1.165, 1.54) is 0 Å². The van der Waals surface area contributed by atoms with Crippen molar-refractivity contribution in [3.8, 4) is 5.75 Å². The Bertz CT molecular complexity index is 942. The van der Waals surface area contributed by atoms with Crippen LogP contribution in [0.1, 0.15) is 10.4 Å². The predicted molar refractivity (Wildman–Crippen MR) is 114 cm³/mol. The number of benzene rings is 3. The van der Waals surface area contributed by atoms with Crippen molar-refractivity contribution in [3.05, 3.63) is 88.9 Å². The maximum atomic E-state index is 12.6. The van der Waals surface area contributed by atoms with Gasteiger partial charge in [0.05, 0.1) is 0 Å². The third-order valence-corrected chi connectivity index (χ3v) is 4.58. The van der Waals surface area contributed by atoms with Crippen molar-refractivity contribution in [3.63, 3.8) is 0 Å². The Labute approximate surface area is 172 Å². The predicted octanol–water partition coefficient (Wildman–Crippen LogP) is 4.74. The molecular weight excluding hydrogens is 420 g/mol. The number of carbonyl (C=O) groups is 2. The summed E-state index contributed by atoms with van der Waals surface area (Å²) in [6, 6.07) is 23.4. The van der Waals surface area contributed by atoms with Crippen LogP contribution in [0.5, 0.6) is 5.75 Å². The second-order valence-electron chi connectivity index (χ2n) is 6.07. The van der Waals surface area contributed by atoms with Gasteiger partial charge in [-0.2, -0.15) is 0 Å². The van der Waals surface area contributed by atoms with E-state index in [4.69, 9.17) is 4.74 Å². The lowest BCUT2D eigenvalue weighted by molar-refractivity contribution is -0.118. The third kappa shape index (κ3) is 5.20. The number of ether oxygens (including phenoxy) is 1. The van der Waals surface area contributed by atoms with Gasteiger partial charge in [-0.05, 0) is 60.7 Å². The lowest BCUT2D eigenvalue weighted by Gasteiger charge is -2.17. The summed E-state index contributed by atoms with van der Waals surface area (Å²) in [7, 11) is 1.73. The first-order chi connectivity index (χ1) is 13.5. The minimum atomic E-state index is -0.275. The molecule has 0 aliphatic heterocycles. The number of halogens is 1. The molecule has 0 aromatic heterocycles. The second-order valence-corrected chi connectivity index (χ2v) is 6.98. The highest BCUT2D eigenvalue weighted by molar-refractivity contribution is 9.10. The van der Waals surface area contributed by atoms with Gasteiger partial charge in [-0.15, -0.1) is 0 Å². The zero-order valence-corrected chi connectivity index (χ0v) is 16.8. The molecule has 0 spiro atoms. The van der Waals surface area contributed by atoms with Gasteiger partial charge in [0.15, 0.2) is 6.61 Å². The molecule has 3 aromatic carbocycles. The SMILES string of the molecule is CN(C(=O)c1ccc(NC(=O)COc2ccc(Br)cc2)cc1)c1ccccc1. The third-order valence-electron chi connectivity index (χ3n) is 4.05.